The molecule has 0 radical (unpaired) electrons. The zero-order valence-corrected chi connectivity index (χ0v) is 16.6. The summed E-state index contributed by atoms with van der Waals surface area (Å²) in [5, 5.41) is 9.83. The molecule has 156 valence electrons. The van der Waals surface area contributed by atoms with Gasteiger partial charge in [-0.1, -0.05) is 30.3 Å². The van der Waals surface area contributed by atoms with Crippen molar-refractivity contribution < 1.29 is 14.0 Å². The van der Waals surface area contributed by atoms with Gasteiger partial charge in [-0.05, 0) is 41.5 Å². The van der Waals surface area contributed by atoms with E-state index in [0.29, 0.717) is 12.2 Å². The minimum atomic E-state index is -0.757. The number of nitrogens with one attached hydrogen (secondary N) is 2. The zero-order valence-electron chi connectivity index (χ0n) is 16.6. The number of nitrogens with zero attached hydrogens (tertiary/aromatic N) is 3. The van der Waals surface area contributed by atoms with Gasteiger partial charge >= 0.3 is 0 Å². The maximum absolute atomic E-state index is 12.9. The van der Waals surface area contributed by atoms with E-state index in [1.54, 1.807) is 35.4 Å². The normalized spacial score (nSPS) is 11.6. The largest absolute Gasteiger partial charge is 0.459 e. The number of aromatic nitrogens is 3. The smallest absolute Gasteiger partial charge is 0.287 e. The van der Waals surface area contributed by atoms with E-state index >= 15 is 0 Å². The molecule has 2 N–H and O–H groups in total. The van der Waals surface area contributed by atoms with Crippen LogP contribution in [-0.2, 0) is 17.8 Å². The van der Waals surface area contributed by atoms with Gasteiger partial charge in [0.05, 0.1) is 6.26 Å². The fraction of sp³-hybridized carbons (Fsp3) is 0.130. The van der Waals surface area contributed by atoms with Crippen LogP contribution in [0.3, 0.4) is 0 Å². The van der Waals surface area contributed by atoms with Crippen molar-refractivity contribution in [3.8, 4) is 5.82 Å². The molecule has 1 atom stereocenters. The topological polar surface area (TPSA) is 102 Å². The fourth-order valence-electron chi connectivity index (χ4n) is 3.11. The fourth-order valence-corrected chi connectivity index (χ4v) is 3.11. The maximum atomic E-state index is 12.9. The first-order valence-corrected chi connectivity index (χ1v) is 9.80. The van der Waals surface area contributed by atoms with Gasteiger partial charge in [-0.2, -0.15) is 5.10 Å². The van der Waals surface area contributed by atoms with E-state index in [0.717, 1.165) is 11.1 Å². The van der Waals surface area contributed by atoms with Gasteiger partial charge in [-0.15, -0.1) is 0 Å². The third-order valence-corrected chi connectivity index (χ3v) is 4.67. The van der Waals surface area contributed by atoms with Crippen LogP contribution in [-0.4, -0.2) is 32.6 Å². The second kappa shape index (κ2) is 9.53. The number of furan rings is 1. The summed E-state index contributed by atoms with van der Waals surface area (Å²) in [4.78, 5) is 29.7. The zero-order chi connectivity index (χ0) is 21.5. The Morgan fingerprint density at radius 3 is 2.61 bits per heavy atom. The first-order valence-electron chi connectivity index (χ1n) is 9.80. The van der Waals surface area contributed by atoms with Gasteiger partial charge in [0.2, 0.25) is 5.91 Å². The van der Waals surface area contributed by atoms with Crippen molar-refractivity contribution in [2.24, 2.45) is 0 Å². The van der Waals surface area contributed by atoms with E-state index in [-0.39, 0.29) is 18.2 Å². The summed E-state index contributed by atoms with van der Waals surface area (Å²) in [6, 6.07) is 17.4. The van der Waals surface area contributed by atoms with Gasteiger partial charge in [0, 0.05) is 31.6 Å². The van der Waals surface area contributed by atoms with Crippen molar-refractivity contribution in [1.82, 2.24) is 25.4 Å². The number of hydrogen-bond acceptors (Lipinski definition) is 5. The second-order valence-electron chi connectivity index (χ2n) is 6.88. The molecule has 1 aromatic carbocycles. The Balaban J connectivity index is 1.45. The van der Waals surface area contributed by atoms with Gasteiger partial charge < -0.3 is 15.1 Å². The average molecular weight is 415 g/mol. The van der Waals surface area contributed by atoms with Crippen LogP contribution in [0, 0.1) is 0 Å². The van der Waals surface area contributed by atoms with Gasteiger partial charge in [-0.3, -0.25) is 9.59 Å². The van der Waals surface area contributed by atoms with Crippen molar-refractivity contribution >= 4 is 11.8 Å². The van der Waals surface area contributed by atoms with Crippen LogP contribution in [0.15, 0.2) is 89.9 Å². The highest BCUT2D eigenvalue weighted by atomic mass is 16.3. The quantitative estimate of drug-likeness (QED) is 0.460. The highest BCUT2D eigenvalue weighted by Crippen LogP contribution is 2.08. The Bertz CT molecular complexity index is 1130. The summed E-state index contributed by atoms with van der Waals surface area (Å²) in [6.07, 6.45) is 6.91. The van der Waals surface area contributed by atoms with E-state index in [1.165, 1.54) is 6.26 Å². The molecule has 8 heteroatoms. The number of pyridine rings is 1. The van der Waals surface area contributed by atoms with Gasteiger partial charge in [0.15, 0.2) is 11.6 Å². The molecule has 0 saturated heterocycles. The van der Waals surface area contributed by atoms with E-state index in [2.05, 4.69) is 20.7 Å². The molecule has 0 spiro atoms. The van der Waals surface area contributed by atoms with Crippen molar-refractivity contribution in [1.29, 1.82) is 0 Å². The van der Waals surface area contributed by atoms with Gasteiger partial charge in [0.1, 0.15) is 6.04 Å². The molecule has 0 aliphatic carbocycles. The molecule has 0 aliphatic heterocycles. The first-order chi connectivity index (χ1) is 15.2. The summed E-state index contributed by atoms with van der Waals surface area (Å²) in [5.74, 6) is 0.0831. The van der Waals surface area contributed by atoms with Crippen molar-refractivity contribution in [3.05, 3.63) is 102 Å². The number of benzene rings is 1. The van der Waals surface area contributed by atoms with E-state index < -0.39 is 11.9 Å². The lowest BCUT2D eigenvalue weighted by Gasteiger charge is -2.18. The van der Waals surface area contributed by atoms with Crippen molar-refractivity contribution in [2.45, 2.75) is 19.0 Å². The molecule has 4 aromatic rings. The lowest BCUT2D eigenvalue weighted by molar-refractivity contribution is -0.123. The predicted molar refractivity (Wildman–Crippen MR) is 113 cm³/mol. The van der Waals surface area contributed by atoms with Crippen molar-refractivity contribution in [2.75, 3.05) is 0 Å². The number of amides is 2. The standard InChI is InChI=1S/C23H21N5O3/c29-22(25-16-18-9-11-24-21(15-18)28-12-5-10-26-28)19(14-17-6-2-1-3-7-17)27-23(30)20-8-4-13-31-20/h1-13,15,19H,14,16H2,(H,25,29)(H,27,30). The summed E-state index contributed by atoms with van der Waals surface area (Å²) in [7, 11) is 0. The molecule has 0 fully saturated rings. The predicted octanol–water partition coefficient (Wildman–Crippen LogP) is 2.52. The molecule has 31 heavy (non-hydrogen) atoms. The minimum Gasteiger partial charge on any atom is -0.459 e. The molecule has 0 saturated carbocycles. The monoisotopic (exact) mass is 415 g/mol. The van der Waals surface area contributed by atoms with Crippen LogP contribution in [0.2, 0.25) is 0 Å². The maximum Gasteiger partial charge on any atom is 0.287 e. The number of rotatable bonds is 8. The van der Waals surface area contributed by atoms with E-state index in [1.807, 2.05) is 48.5 Å². The lowest BCUT2D eigenvalue weighted by Crippen LogP contribution is -2.47. The van der Waals surface area contributed by atoms with Crippen LogP contribution < -0.4 is 10.6 Å². The third-order valence-electron chi connectivity index (χ3n) is 4.67. The number of carbonyl (C=O) groups excluding carboxylic acids is 2. The summed E-state index contributed by atoms with van der Waals surface area (Å²) in [5.41, 5.74) is 1.80. The third kappa shape index (κ3) is 5.24. The molecule has 3 aromatic heterocycles. The average Bonchev–Trinajstić information content (AvgIpc) is 3.52. The first kappa shape index (κ1) is 20.1. The Hall–Kier alpha value is -4.20. The molecular weight excluding hydrogens is 394 g/mol. The highest BCUT2D eigenvalue weighted by molar-refractivity contribution is 5.95. The Kier molecular flexibility index (Phi) is 6.18. The molecule has 0 aliphatic rings. The molecule has 4 rings (SSSR count). The lowest BCUT2D eigenvalue weighted by atomic mass is 10.0. The van der Waals surface area contributed by atoms with Crippen LogP contribution >= 0.6 is 0 Å². The summed E-state index contributed by atoms with van der Waals surface area (Å²) >= 11 is 0. The number of hydrogen-bond donors (Lipinski definition) is 2. The van der Waals surface area contributed by atoms with E-state index in [4.69, 9.17) is 4.42 Å². The van der Waals surface area contributed by atoms with Gasteiger partial charge in [-0.25, -0.2) is 9.67 Å². The molecular formula is C23H21N5O3. The van der Waals surface area contributed by atoms with Crippen LogP contribution in [0.1, 0.15) is 21.7 Å². The molecule has 1 unspecified atom stereocenters. The Labute approximate surface area is 178 Å². The summed E-state index contributed by atoms with van der Waals surface area (Å²) < 4.78 is 6.79. The Morgan fingerprint density at radius 1 is 1.00 bits per heavy atom. The molecule has 3 heterocycles. The molecule has 8 nitrogen and oxygen atoms in total. The van der Waals surface area contributed by atoms with Crippen LogP contribution in [0.4, 0.5) is 0 Å². The van der Waals surface area contributed by atoms with Crippen molar-refractivity contribution in [3.63, 3.8) is 0 Å². The van der Waals surface area contributed by atoms with E-state index in [9.17, 15) is 9.59 Å². The van der Waals surface area contributed by atoms with Crippen LogP contribution in [0.5, 0.6) is 0 Å². The number of carbonyl (C=O) groups is 2. The highest BCUT2D eigenvalue weighted by Gasteiger charge is 2.23. The second-order valence-corrected chi connectivity index (χ2v) is 6.88. The van der Waals surface area contributed by atoms with Crippen LogP contribution in [0.25, 0.3) is 5.82 Å². The van der Waals surface area contributed by atoms with Gasteiger partial charge in [0.25, 0.3) is 5.91 Å². The SMILES string of the molecule is O=C(NC(Cc1ccccc1)C(=O)NCc1ccnc(-n2cccn2)c1)c1ccco1. The molecule has 2 amide bonds. The Morgan fingerprint density at radius 2 is 1.87 bits per heavy atom. The summed E-state index contributed by atoms with van der Waals surface area (Å²) in [6.45, 7) is 0.289. The molecule has 0 bridgehead atoms. The minimum absolute atomic E-state index is 0.156.